The zero-order valence-electron chi connectivity index (χ0n) is 12.0. The fourth-order valence-corrected chi connectivity index (χ4v) is 3.15. The van der Waals surface area contributed by atoms with Crippen LogP contribution < -0.4 is 5.32 Å². The standard InChI is InChI=1S/C14H25N3S/c1-11-10-18-13(16-11)9-17-6-5-12(8-17)7-15-14(2,3)4/h10,12,15H,5-9H2,1-4H3. The lowest BCUT2D eigenvalue weighted by Gasteiger charge is -2.23. The molecule has 18 heavy (non-hydrogen) atoms. The van der Waals surface area contributed by atoms with Crippen molar-refractivity contribution in [2.24, 2.45) is 5.92 Å². The largest absolute Gasteiger partial charge is 0.312 e. The van der Waals surface area contributed by atoms with Gasteiger partial charge in [-0.25, -0.2) is 4.98 Å². The van der Waals surface area contributed by atoms with E-state index in [2.05, 4.69) is 48.3 Å². The van der Waals surface area contributed by atoms with Crippen LogP contribution in [0.25, 0.3) is 0 Å². The third-order valence-electron chi connectivity index (χ3n) is 3.32. The maximum atomic E-state index is 4.55. The Morgan fingerprint density at radius 1 is 1.50 bits per heavy atom. The Labute approximate surface area is 115 Å². The molecule has 1 aromatic rings. The Morgan fingerprint density at radius 2 is 2.28 bits per heavy atom. The molecule has 3 nitrogen and oxygen atoms in total. The number of rotatable bonds is 4. The molecule has 0 aromatic carbocycles. The highest BCUT2D eigenvalue weighted by Crippen LogP contribution is 2.20. The van der Waals surface area contributed by atoms with Crippen LogP contribution >= 0.6 is 11.3 Å². The molecule has 1 saturated heterocycles. The van der Waals surface area contributed by atoms with E-state index in [-0.39, 0.29) is 5.54 Å². The van der Waals surface area contributed by atoms with E-state index in [0.717, 1.165) is 24.7 Å². The van der Waals surface area contributed by atoms with Gasteiger partial charge in [-0.05, 0) is 53.1 Å². The lowest BCUT2D eigenvalue weighted by Crippen LogP contribution is -2.39. The molecule has 2 heterocycles. The molecule has 0 bridgehead atoms. The molecular weight excluding hydrogens is 242 g/mol. The van der Waals surface area contributed by atoms with Gasteiger partial charge >= 0.3 is 0 Å². The van der Waals surface area contributed by atoms with Crippen LogP contribution in [0.2, 0.25) is 0 Å². The molecular formula is C14H25N3S. The van der Waals surface area contributed by atoms with E-state index in [4.69, 9.17) is 0 Å². The highest BCUT2D eigenvalue weighted by atomic mass is 32.1. The quantitative estimate of drug-likeness (QED) is 0.909. The number of likely N-dealkylation sites (tertiary alicyclic amines) is 1. The maximum absolute atomic E-state index is 4.55. The summed E-state index contributed by atoms with van der Waals surface area (Å²) in [6.07, 6.45) is 1.31. The molecule has 102 valence electrons. The van der Waals surface area contributed by atoms with Gasteiger partial charge in [-0.1, -0.05) is 0 Å². The van der Waals surface area contributed by atoms with Gasteiger partial charge in [-0.2, -0.15) is 0 Å². The first-order valence-electron chi connectivity index (χ1n) is 6.81. The topological polar surface area (TPSA) is 28.2 Å². The smallest absolute Gasteiger partial charge is 0.107 e. The van der Waals surface area contributed by atoms with Crippen molar-refractivity contribution in [3.8, 4) is 0 Å². The van der Waals surface area contributed by atoms with Crippen LogP contribution in [0.3, 0.4) is 0 Å². The highest BCUT2D eigenvalue weighted by molar-refractivity contribution is 7.09. The highest BCUT2D eigenvalue weighted by Gasteiger charge is 2.24. The first-order chi connectivity index (χ1) is 8.42. The molecule has 1 aliphatic heterocycles. The van der Waals surface area contributed by atoms with Crippen molar-refractivity contribution in [2.75, 3.05) is 19.6 Å². The van der Waals surface area contributed by atoms with Crippen LogP contribution in [0.15, 0.2) is 5.38 Å². The van der Waals surface area contributed by atoms with Crippen LogP contribution in [0.5, 0.6) is 0 Å². The zero-order chi connectivity index (χ0) is 13.2. The van der Waals surface area contributed by atoms with Crippen LogP contribution in [-0.2, 0) is 6.54 Å². The molecule has 0 amide bonds. The van der Waals surface area contributed by atoms with Gasteiger partial charge in [0.05, 0.1) is 6.54 Å². The zero-order valence-corrected chi connectivity index (χ0v) is 12.8. The molecule has 2 rings (SSSR count). The Hall–Kier alpha value is -0.450. The number of aromatic nitrogens is 1. The van der Waals surface area contributed by atoms with E-state index in [9.17, 15) is 0 Å². The molecule has 0 saturated carbocycles. The number of nitrogens with one attached hydrogen (secondary N) is 1. The van der Waals surface area contributed by atoms with Crippen LogP contribution in [0.4, 0.5) is 0 Å². The van der Waals surface area contributed by atoms with Crippen molar-refractivity contribution < 1.29 is 0 Å². The number of aryl methyl sites for hydroxylation is 1. The summed E-state index contributed by atoms with van der Waals surface area (Å²) >= 11 is 1.79. The molecule has 0 radical (unpaired) electrons. The third-order valence-corrected chi connectivity index (χ3v) is 4.27. The van der Waals surface area contributed by atoms with Gasteiger partial charge in [0.2, 0.25) is 0 Å². The number of hydrogen-bond donors (Lipinski definition) is 1. The lowest BCUT2D eigenvalue weighted by atomic mass is 10.1. The lowest BCUT2D eigenvalue weighted by molar-refractivity contribution is 0.304. The first-order valence-corrected chi connectivity index (χ1v) is 7.69. The van der Waals surface area contributed by atoms with Crippen LogP contribution in [0.1, 0.15) is 37.9 Å². The summed E-state index contributed by atoms with van der Waals surface area (Å²) in [6.45, 7) is 13.4. The Morgan fingerprint density at radius 3 is 2.89 bits per heavy atom. The Bertz CT molecular complexity index is 381. The minimum Gasteiger partial charge on any atom is -0.312 e. The number of nitrogens with zero attached hydrogens (tertiary/aromatic N) is 2. The SMILES string of the molecule is Cc1csc(CN2CCC(CNC(C)(C)C)C2)n1. The van der Waals surface area contributed by atoms with Crippen molar-refractivity contribution in [3.63, 3.8) is 0 Å². The van der Waals surface area contributed by atoms with Gasteiger partial charge in [0.25, 0.3) is 0 Å². The predicted octanol–water partition coefficient (Wildman–Crippen LogP) is 2.66. The van der Waals surface area contributed by atoms with Gasteiger partial charge in [0.15, 0.2) is 0 Å². The van der Waals surface area contributed by atoms with Gasteiger partial charge in [0, 0.05) is 23.2 Å². The summed E-state index contributed by atoms with van der Waals surface area (Å²) in [7, 11) is 0. The molecule has 4 heteroatoms. The summed E-state index contributed by atoms with van der Waals surface area (Å²) in [5.74, 6) is 0.797. The van der Waals surface area contributed by atoms with E-state index >= 15 is 0 Å². The van der Waals surface area contributed by atoms with E-state index in [0.29, 0.717) is 0 Å². The van der Waals surface area contributed by atoms with Crippen molar-refractivity contribution in [1.82, 2.24) is 15.2 Å². The van der Waals surface area contributed by atoms with Crippen molar-refractivity contribution in [1.29, 1.82) is 0 Å². The van der Waals surface area contributed by atoms with Gasteiger partial charge in [0.1, 0.15) is 5.01 Å². The third kappa shape index (κ3) is 4.34. The second-order valence-corrected chi connectivity index (χ2v) is 7.35. The molecule has 0 spiro atoms. The van der Waals surface area contributed by atoms with E-state index in [1.807, 2.05) is 0 Å². The van der Waals surface area contributed by atoms with E-state index in [1.54, 1.807) is 11.3 Å². The average Bonchev–Trinajstić information content (AvgIpc) is 2.85. The molecule has 1 N–H and O–H groups in total. The van der Waals surface area contributed by atoms with Gasteiger partial charge in [-0.3, -0.25) is 4.90 Å². The van der Waals surface area contributed by atoms with E-state index in [1.165, 1.54) is 24.5 Å². The van der Waals surface area contributed by atoms with Crippen molar-refractivity contribution in [2.45, 2.75) is 46.2 Å². The summed E-state index contributed by atoms with van der Waals surface area (Å²) in [5.41, 5.74) is 1.39. The normalized spacial score (nSPS) is 21.7. The molecule has 1 fully saturated rings. The maximum Gasteiger partial charge on any atom is 0.107 e. The molecule has 1 atom stereocenters. The summed E-state index contributed by atoms with van der Waals surface area (Å²) in [6, 6.07) is 0. The summed E-state index contributed by atoms with van der Waals surface area (Å²) in [5, 5.41) is 7.02. The van der Waals surface area contributed by atoms with Gasteiger partial charge < -0.3 is 5.32 Å². The molecule has 1 aliphatic rings. The van der Waals surface area contributed by atoms with Crippen molar-refractivity contribution in [3.05, 3.63) is 16.1 Å². The minimum absolute atomic E-state index is 0.236. The average molecular weight is 267 g/mol. The Kier molecular flexibility index (Phi) is 4.41. The molecule has 1 unspecified atom stereocenters. The number of thiazole rings is 1. The fraction of sp³-hybridized carbons (Fsp3) is 0.786. The fourth-order valence-electron chi connectivity index (χ4n) is 2.34. The molecule has 0 aliphatic carbocycles. The monoisotopic (exact) mass is 267 g/mol. The van der Waals surface area contributed by atoms with Gasteiger partial charge in [-0.15, -0.1) is 11.3 Å². The first kappa shape index (κ1) is 14.0. The van der Waals surface area contributed by atoms with E-state index < -0.39 is 0 Å². The molecule has 1 aromatic heterocycles. The van der Waals surface area contributed by atoms with Crippen LogP contribution in [0, 0.1) is 12.8 Å². The van der Waals surface area contributed by atoms with Crippen LogP contribution in [-0.4, -0.2) is 35.1 Å². The number of hydrogen-bond acceptors (Lipinski definition) is 4. The second kappa shape index (κ2) is 5.68. The predicted molar refractivity (Wildman–Crippen MR) is 78.0 cm³/mol. The Balaban J connectivity index is 1.75. The minimum atomic E-state index is 0.236. The van der Waals surface area contributed by atoms with Crippen molar-refractivity contribution >= 4 is 11.3 Å². The second-order valence-electron chi connectivity index (χ2n) is 6.40. The summed E-state index contributed by atoms with van der Waals surface area (Å²) in [4.78, 5) is 7.08. The summed E-state index contributed by atoms with van der Waals surface area (Å²) < 4.78 is 0.